The summed E-state index contributed by atoms with van der Waals surface area (Å²) in [6.07, 6.45) is 10.4. The highest BCUT2D eigenvalue weighted by molar-refractivity contribution is 5.90. The molecule has 0 bridgehead atoms. The Kier molecular flexibility index (Phi) is 6.80. The van der Waals surface area contributed by atoms with Crippen molar-refractivity contribution in [1.82, 2.24) is 10.2 Å². The van der Waals surface area contributed by atoms with Crippen LogP contribution in [0.1, 0.15) is 12.1 Å². The van der Waals surface area contributed by atoms with Gasteiger partial charge in [0.05, 0.1) is 18.3 Å². The van der Waals surface area contributed by atoms with E-state index >= 15 is 0 Å². The SMILES string of the molecule is C=CCOc1cc(-c2ccc3c(/C=C/C4=CCC(OC)C(OC)=C4)n[nH]c3c2)ccc1N=O. The van der Waals surface area contributed by atoms with Crippen LogP contribution >= 0.6 is 0 Å². The van der Waals surface area contributed by atoms with Crippen LogP contribution in [0.2, 0.25) is 0 Å². The summed E-state index contributed by atoms with van der Waals surface area (Å²) in [6, 6.07) is 11.4. The molecule has 1 atom stereocenters. The molecule has 3 aromatic rings. The third kappa shape index (κ3) is 4.78. The largest absolute Gasteiger partial charge is 0.498 e. The number of rotatable bonds is 9. The van der Waals surface area contributed by atoms with Crippen molar-refractivity contribution in [3.8, 4) is 16.9 Å². The Morgan fingerprint density at radius 1 is 1.18 bits per heavy atom. The number of methoxy groups -OCH3 is 2. The Morgan fingerprint density at radius 3 is 2.76 bits per heavy atom. The lowest BCUT2D eigenvalue weighted by atomic mass is 10.0. The molecule has 7 heteroatoms. The number of hydrogen-bond acceptors (Lipinski definition) is 6. The molecule has 0 aliphatic heterocycles. The summed E-state index contributed by atoms with van der Waals surface area (Å²) in [4.78, 5) is 11.1. The number of aromatic nitrogens is 2. The summed E-state index contributed by atoms with van der Waals surface area (Å²) in [5, 5.41) is 11.6. The Labute approximate surface area is 192 Å². The van der Waals surface area contributed by atoms with Gasteiger partial charge in [-0.3, -0.25) is 5.10 Å². The maximum Gasteiger partial charge on any atom is 0.149 e. The van der Waals surface area contributed by atoms with E-state index in [9.17, 15) is 4.91 Å². The second-order valence-electron chi connectivity index (χ2n) is 7.49. The third-order valence-electron chi connectivity index (χ3n) is 5.49. The molecule has 1 aromatic heterocycles. The number of H-pyrrole nitrogens is 1. The van der Waals surface area contributed by atoms with E-state index in [1.165, 1.54) is 0 Å². The van der Waals surface area contributed by atoms with Crippen molar-refractivity contribution in [2.75, 3.05) is 20.8 Å². The second kappa shape index (κ2) is 10.1. The minimum atomic E-state index is -0.0455. The van der Waals surface area contributed by atoms with Gasteiger partial charge in [-0.2, -0.15) is 5.10 Å². The maximum absolute atomic E-state index is 11.1. The van der Waals surface area contributed by atoms with Crippen LogP contribution in [0, 0.1) is 4.91 Å². The van der Waals surface area contributed by atoms with Gasteiger partial charge in [0.1, 0.15) is 29.9 Å². The fourth-order valence-corrected chi connectivity index (χ4v) is 3.75. The number of nitrogens with zero attached hydrogens (tertiary/aromatic N) is 2. The standard InChI is InChI=1S/C26H25N3O4/c1-4-13-33-25-16-19(8-11-22(25)29-30)18-7-9-20-21(27-28-23(20)15-18)10-5-17-6-12-24(31-2)26(14-17)32-3/h4-11,14-16,24H,1,12-13H2,2-3H3,(H,27,28)/b10-5+. The summed E-state index contributed by atoms with van der Waals surface area (Å²) in [6.45, 7) is 3.94. The van der Waals surface area contributed by atoms with Gasteiger partial charge in [-0.15, -0.1) is 4.91 Å². The predicted molar refractivity (Wildman–Crippen MR) is 130 cm³/mol. The zero-order chi connectivity index (χ0) is 23.2. The minimum absolute atomic E-state index is 0.0455. The second-order valence-corrected chi connectivity index (χ2v) is 7.49. The van der Waals surface area contributed by atoms with E-state index in [-0.39, 0.29) is 11.8 Å². The van der Waals surface area contributed by atoms with Crippen LogP contribution < -0.4 is 4.74 Å². The first-order valence-corrected chi connectivity index (χ1v) is 10.5. The molecule has 0 radical (unpaired) electrons. The molecule has 7 nitrogen and oxygen atoms in total. The number of hydrogen-bond donors (Lipinski definition) is 1. The van der Waals surface area contributed by atoms with Crippen molar-refractivity contribution in [3.63, 3.8) is 0 Å². The molecule has 168 valence electrons. The zero-order valence-electron chi connectivity index (χ0n) is 18.6. The van der Waals surface area contributed by atoms with Crippen LogP contribution in [0.5, 0.6) is 5.75 Å². The molecule has 0 saturated heterocycles. The van der Waals surface area contributed by atoms with Gasteiger partial charge in [-0.1, -0.05) is 36.9 Å². The van der Waals surface area contributed by atoms with Gasteiger partial charge in [0.15, 0.2) is 0 Å². The molecule has 0 spiro atoms. The fraction of sp³-hybridized carbons (Fsp3) is 0.192. The molecule has 0 fully saturated rings. The summed E-state index contributed by atoms with van der Waals surface area (Å²) >= 11 is 0. The molecular formula is C26H25N3O4. The average Bonchev–Trinajstić information content (AvgIpc) is 3.28. The van der Waals surface area contributed by atoms with Crippen molar-refractivity contribution in [2.24, 2.45) is 5.18 Å². The number of aromatic amines is 1. The normalized spacial score (nSPS) is 15.9. The van der Waals surface area contributed by atoms with Crippen LogP contribution in [0.15, 0.2) is 83.8 Å². The lowest BCUT2D eigenvalue weighted by molar-refractivity contribution is 0.0792. The van der Waals surface area contributed by atoms with Crippen molar-refractivity contribution >= 4 is 22.7 Å². The van der Waals surface area contributed by atoms with E-state index in [4.69, 9.17) is 14.2 Å². The number of nitroso groups, excluding NO2 is 1. The number of ether oxygens (including phenoxy) is 3. The Hall–Kier alpha value is -3.97. The highest BCUT2D eigenvalue weighted by Gasteiger charge is 2.17. The Bertz CT molecular complexity index is 1270. The Morgan fingerprint density at radius 2 is 2.00 bits per heavy atom. The van der Waals surface area contributed by atoms with Gasteiger partial charge in [0, 0.05) is 12.5 Å². The van der Waals surface area contributed by atoms with E-state index in [0.717, 1.165) is 45.5 Å². The molecule has 0 amide bonds. The van der Waals surface area contributed by atoms with Crippen LogP contribution in [-0.2, 0) is 9.47 Å². The molecule has 1 unspecified atom stereocenters. The van der Waals surface area contributed by atoms with Gasteiger partial charge in [-0.25, -0.2) is 0 Å². The molecule has 2 aromatic carbocycles. The molecule has 1 N–H and O–H groups in total. The minimum Gasteiger partial charge on any atom is -0.498 e. The van der Waals surface area contributed by atoms with Gasteiger partial charge < -0.3 is 14.2 Å². The van der Waals surface area contributed by atoms with E-state index in [2.05, 4.69) is 28.0 Å². The molecule has 33 heavy (non-hydrogen) atoms. The van der Waals surface area contributed by atoms with Crippen LogP contribution in [0.25, 0.3) is 28.1 Å². The number of benzene rings is 2. The van der Waals surface area contributed by atoms with Gasteiger partial charge in [-0.05, 0) is 64.7 Å². The van der Waals surface area contributed by atoms with Gasteiger partial charge in [0.2, 0.25) is 0 Å². The van der Waals surface area contributed by atoms with Gasteiger partial charge >= 0.3 is 0 Å². The number of fused-ring (bicyclic) bond motifs is 1. The summed E-state index contributed by atoms with van der Waals surface area (Å²) < 4.78 is 16.4. The van der Waals surface area contributed by atoms with Crippen molar-refractivity contribution in [2.45, 2.75) is 12.5 Å². The van der Waals surface area contributed by atoms with E-state index in [0.29, 0.717) is 12.4 Å². The smallest absolute Gasteiger partial charge is 0.149 e. The lowest BCUT2D eigenvalue weighted by Crippen LogP contribution is -2.17. The van der Waals surface area contributed by atoms with Crippen LogP contribution in [0.4, 0.5) is 5.69 Å². The maximum atomic E-state index is 11.1. The summed E-state index contributed by atoms with van der Waals surface area (Å²) in [5.74, 6) is 1.24. The zero-order valence-corrected chi connectivity index (χ0v) is 18.6. The first kappa shape index (κ1) is 22.2. The molecule has 4 rings (SSSR count). The van der Waals surface area contributed by atoms with E-state index in [1.807, 2.05) is 42.5 Å². The first-order valence-electron chi connectivity index (χ1n) is 10.5. The first-order chi connectivity index (χ1) is 16.2. The van der Waals surface area contributed by atoms with Crippen molar-refractivity contribution in [3.05, 3.63) is 89.2 Å². The van der Waals surface area contributed by atoms with Crippen molar-refractivity contribution in [1.29, 1.82) is 0 Å². The van der Waals surface area contributed by atoms with E-state index in [1.54, 1.807) is 32.4 Å². The quantitative estimate of drug-likeness (QED) is 0.320. The number of nitrogens with one attached hydrogen (secondary N) is 1. The lowest BCUT2D eigenvalue weighted by Gasteiger charge is -2.20. The van der Waals surface area contributed by atoms with E-state index < -0.39 is 0 Å². The average molecular weight is 444 g/mol. The highest BCUT2D eigenvalue weighted by atomic mass is 16.5. The molecular weight excluding hydrogens is 418 g/mol. The monoisotopic (exact) mass is 443 g/mol. The molecule has 1 heterocycles. The Balaban J connectivity index is 1.59. The topological polar surface area (TPSA) is 85.8 Å². The predicted octanol–water partition coefficient (Wildman–Crippen LogP) is 6.08. The molecule has 1 aliphatic carbocycles. The van der Waals surface area contributed by atoms with Crippen LogP contribution in [0.3, 0.4) is 0 Å². The highest BCUT2D eigenvalue weighted by Crippen LogP contribution is 2.34. The van der Waals surface area contributed by atoms with Crippen molar-refractivity contribution < 1.29 is 14.2 Å². The van der Waals surface area contributed by atoms with Gasteiger partial charge in [0.25, 0.3) is 0 Å². The summed E-state index contributed by atoms with van der Waals surface area (Å²) in [5.41, 5.74) is 4.93. The fourth-order valence-electron chi connectivity index (χ4n) is 3.75. The third-order valence-corrected chi connectivity index (χ3v) is 5.49. The van der Waals surface area contributed by atoms with Crippen LogP contribution in [-0.4, -0.2) is 37.1 Å². The summed E-state index contributed by atoms with van der Waals surface area (Å²) in [7, 11) is 3.33. The molecule has 1 aliphatic rings. The number of allylic oxidation sites excluding steroid dienone is 3. The molecule has 0 saturated carbocycles.